The minimum Gasteiger partial charge on any atom is -0.508 e. The van der Waals surface area contributed by atoms with E-state index in [0.717, 1.165) is 27.9 Å². The Kier molecular flexibility index (Phi) is 3.63. The van der Waals surface area contributed by atoms with Crippen LogP contribution in [0, 0.1) is 18.3 Å². The van der Waals surface area contributed by atoms with Crippen LogP contribution in [0.5, 0.6) is 11.6 Å². The Morgan fingerprint density at radius 3 is 2.69 bits per heavy atom. The molecule has 0 aliphatic carbocycles. The van der Waals surface area contributed by atoms with Crippen molar-refractivity contribution in [1.82, 2.24) is 10.2 Å². The summed E-state index contributed by atoms with van der Waals surface area (Å²) in [5.74, 6) is -0.00148. The molecule has 6 nitrogen and oxygen atoms in total. The Hall–Kier alpha value is -3.72. The molecule has 0 fully saturated rings. The third-order valence-electron chi connectivity index (χ3n) is 4.48. The fourth-order valence-electron chi connectivity index (χ4n) is 3.22. The number of nitrogens with two attached hydrogens (primary N) is 1. The van der Waals surface area contributed by atoms with Crippen molar-refractivity contribution in [1.29, 1.82) is 5.26 Å². The number of nitrogens with zero attached hydrogens (tertiary/aromatic N) is 2. The van der Waals surface area contributed by atoms with E-state index in [2.05, 4.69) is 16.3 Å². The summed E-state index contributed by atoms with van der Waals surface area (Å²) in [4.78, 5) is 0. The van der Waals surface area contributed by atoms with Gasteiger partial charge in [0.15, 0.2) is 0 Å². The van der Waals surface area contributed by atoms with Crippen LogP contribution in [0.25, 0.3) is 11.3 Å². The minimum atomic E-state index is -0.481. The molecule has 4 rings (SSSR count). The van der Waals surface area contributed by atoms with Gasteiger partial charge in [-0.1, -0.05) is 42.0 Å². The molecule has 3 aromatic rings. The van der Waals surface area contributed by atoms with E-state index in [1.165, 1.54) is 0 Å². The summed E-state index contributed by atoms with van der Waals surface area (Å²) >= 11 is 0. The number of aromatic hydroxyl groups is 1. The molecule has 6 heteroatoms. The average molecular weight is 344 g/mol. The van der Waals surface area contributed by atoms with Crippen LogP contribution in [0.15, 0.2) is 60.0 Å². The fourth-order valence-corrected chi connectivity index (χ4v) is 3.22. The monoisotopic (exact) mass is 344 g/mol. The quantitative estimate of drug-likeness (QED) is 0.661. The summed E-state index contributed by atoms with van der Waals surface area (Å²) in [6, 6.07) is 16.9. The highest BCUT2D eigenvalue weighted by Gasteiger charge is 2.35. The summed E-state index contributed by atoms with van der Waals surface area (Å²) in [6.45, 7) is 2.02. The third kappa shape index (κ3) is 2.47. The molecular weight excluding hydrogens is 328 g/mol. The number of phenolic OH excluding ortho intramolecular Hbond substituents is 1. The van der Waals surface area contributed by atoms with Crippen molar-refractivity contribution in [3.8, 4) is 29.0 Å². The van der Waals surface area contributed by atoms with Crippen molar-refractivity contribution < 1.29 is 9.84 Å². The number of aromatic nitrogens is 2. The first-order valence-electron chi connectivity index (χ1n) is 8.10. The van der Waals surface area contributed by atoms with Gasteiger partial charge in [-0.25, -0.2) is 0 Å². The van der Waals surface area contributed by atoms with Gasteiger partial charge in [0.05, 0.1) is 17.2 Å². The van der Waals surface area contributed by atoms with E-state index in [-0.39, 0.29) is 17.2 Å². The lowest BCUT2D eigenvalue weighted by Gasteiger charge is -2.24. The van der Waals surface area contributed by atoms with Gasteiger partial charge in [-0.15, -0.1) is 5.10 Å². The lowest BCUT2D eigenvalue weighted by atomic mass is 9.83. The predicted octanol–water partition coefficient (Wildman–Crippen LogP) is 3.31. The van der Waals surface area contributed by atoms with E-state index in [9.17, 15) is 10.4 Å². The van der Waals surface area contributed by atoms with Gasteiger partial charge in [-0.3, -0.25) is 5.10 Å². The number of benzene rings is 2. The number of hydrogen-bond donors (Lipinski definition) is 3. The normalized spacial score (nSPS) is 15.9. The number of allylic oxidation sites excluding steroid dienone is 1. The van der Waals surface area contributed by atoms with Crippen LogP contribution in [-0.4, -0.2) is 15.3 Å². The molecule has 0 unspecified atom stereocenters. The summed E-state index contributed by atoms with van der Waals surface area (Å²) in [5.41, 5.74) is 10.5. The Morgan fingerprint density at radius 1 is 1.23 bits per heavy atom. The standard InChI is InChI=1S/C20H16N4O2/c1-11-5-7-12(8-6-11)18-17-16(13-3-2-4-14(25)9-13)15(10-21)19(22)26-20(17)24-23-18/h2-9,16,25H,22H2,1H3,(H,23,24)/t16-/m1/s1. The van der Waals surface area contributed by atoms with E-state index in [4.69, 9.17) is 10.5 Å². The molecule has 2 aromatic carbocycles. The Balaban J connectivity index is 1.95. The zero-order valence-corrected chi connectivity index (χ0v) is 14.0. The van der Waals surface area contributed by atoms with E-state index in [1.807, 2.05) is 37.3 Å². The van der Waals surface area contributed by atoms with Crippen molar-refractivity contribution in [3.63, 3.8) is 0 Å². The largest absolute Gasteiger partial charge is 0.508 e. The van der Waals surface area contributed by atoms with Gasteiger partial charge in [0, 0.05) is 5.56 Å². The first kappa shape index (κ1) is 15.8. The minimum absolute atomic E-state index is 0.0234. The maximum absolute atomic E-state index is 9.90. The van der Waals surface area contributed by atoms with Crippen molar-refractivity contribution in [2.45, 2.75) is 12.8 Å². The zero-order valence-electron chi connectivity index (χ0n) is 14.0. The van der Waals surface area contributed by atoms with Gasteiger partial charge in [-0.05, 0) is 24.6 Å². The van der Waals surface area contributed by atoms with E-state index < -0.39 is 5.92 Å². The van der Waals surface area contributed by atoms with E-state index in [1.54, 1.807) is 18.2 Å². The van der Waals surface area contributed by atoms with Crippen LogP contribution in [0.2, 0.25) is 0 Å². The third-order valence-corrected chi connectivity index (χ3v) is 4.48. The average Bonchev–Trinajstić information content (AvgIpc) is 3.04. The van der Waals surface area contributed by atoms with Gasteiger partial charge in [0.25, 0.3) is 0 Å². The number of nitrogens with one attached hydrogen (secondary N) is 1. The highest BCUT2D eigenvalue weighted by atomic mass is 16.5. The Morgan fingerprint density at radius 2 is 2.00 bits per heavy atom. The number of ether oxygens (including phenoxy) is 1. The molecule has 1 atom stereocenters. The zero-order chi connectivity index (χ0) is 18.3. The van der Waals surface area contributed by atoms with Gasteiger partial charge < -0.3 is 15.6 Å². The molecule has 1 aromatic heterocycles. The molecular formula is C20H16N4O2. The molecule has 1 aliphatic rings. The molecule has 1 aliphatic heterocycles. The van der Waals surface area contributed by atoms with Crippen LogP contribution >= 0.6 is 0 Å². The summed E-state index contributed by atoms with van der Waals surface area (Å²) in [7, 11) is 0. The molecule has 0 spiro atoms. The van der Waals surface area contributed by atoms with Gasteiger partial charge in [-0.2, -0.15) is 5.26 Å². The van der Waals surface area contributed by atoms with E-state index >= 15 is 0 Å². The highest BCUT2D eigenvalue weighted by Crippen LogP contribution is 2.45. The number of nitriles is 1. The number of aryl methyl sites for hydroxylation is 1. The number of H-pyrrole nitrogens is 1. The van der Waals surface area contributed by atoms with Crippen LogP contribution < -0.4 is 10.5 Å². The molecule has 0 saturated heterocycles. The molecule has 128 valence electrons. The van der Waals surface area contributed by atoms with E-state index in [0.29, 0.717) is 5.88 Å². The van der Waals surface area contributed by atoms with Crippen molar-refractivity contribution in [2.24, 2.45) is 5.73 Å². The van der Waals surface area contributed by atoms with Crippen LogP contribution in [0.1, 0.15) is 22.6 Å². The molecule has 0 amide bonds. The number of phenols is 1. The van der Waals surface area contributed by atoms with Crippen molar-refractivity contribution >= 4 is 0 Å². The second-order valence-corrected chi connectivity index (χ2v) is 6.20. The number of rotatable bonds is 2. The van der Waals surface area contributed by atoms with Gasteiger partial charge in [0.1, 0.15) is 17.4 Å². The second kappa shape index (κ2) is 5.97. The predicted molar refractivity (Wildman–Crippen MR) is 96.2 cm³/mol. The molecule has 4 N–H and O–H groups in total. The number of fused-ring (bicyclic) bond motifs is 1. The summed E-state index contributed by atoms with van der Waals surface area (Å²) < 4.78 is 5.57. The Labute approximate surface area is 150 Å². The SMILES string of the molecule is Cc1ccc(-c2[nH]nc3c2[C@H](c2cccc(O)c2)C(C#N)=C(N)O3)cc1. The summed E-state index contributed by atoms with van der Waals surface area (Å²) in [6.07, 6.45) is 0. The van der Waals surface area contributed by atoms with Crippen molar-refractivity contribution in [2.75, 3.05) is 0 Å². The van der Waals surface area contributed by atoms with Crippen molar-refractivity contribution in [3.05, 3.63) is 76.7 Å². The molecule has 26 heavy (non-hydrogen) atoms. The molecule has 0 saturated carbocycles. The second-order valence-electron chi connectivity index (χ2n) is 6.20. The maximum Gasteiger partial charge on any atom is 0.244 e. The Bertz CT molecular complexity index is 1060. The molecule has 2 heterocycles. The van der Waals surface area contributed by atoms with Gasteiger partial charge in [0.2, 0.25) is 11.8 Å². The first-order valence-corrected chi connectivity index (χ1v) is 8.10. The summed E-state index contributed by atoms with van der Waals surface area (Å²) in [5, 5.41) is 26.8. The number of aromatic amines is 1. The lowest BCUT2D eigenvalue weighted by Crippen LogP contribution is -2.20. The molecule has 0 bridgehead atoms. The maximum atomic E-state index is 9.90. The highest BCUT2D eigenvalue weighted by molar-refractivity contribution is 5.71. The first-order chi connectivity index (χ1) is 12.6. The smallest absolute Gasteiger partial charge is 0.244 e. The van der Waals surface area contributed by atoms with Gasteiger partial charge >= 0.3 is 0 Å². The molecule has 0 radical (unpaired) electrons. The van der Waals surface area contributed by atoms with Crippen LogP contribution in [0.4, 0.5) is 0 Å². The number of hydrogen-bond acceptors (Lipinski definition) is 5. The lowest BCUT2D eigenvalue weighted by molar-refractivity contribution is 0.378. The fraction of sp³-hybridized carbons (Fsp3) is 0.100. The topological polar surface area (TPSA) is 108 Å². The van der Waals surface area contributed by atoms with Crippen LogP contribution in [0.3, 0.4) is 0 Å². The van der Waals surface area contributed by atoms with Crippen LogP contribution in [-0.2, 0) is 0 Å².